The van der Waals surface area contributed by atoms with Gasteiger partial charge < -0.3 is 68.7 Å². The molecule has 0 rings (SSSR count). The molecule has 0 bridgehead atoms. The number of aliphatic hydroxyl groups excluding tert-OH is 1. The van der Waals surface area contributed by atoms with E-state index >= 15 is 0 Å². The van der Waals surface area contributed by atoms with Gasteiger partial charge in [-0.2, -0.15) is 0 Å². The Labute approximate surface area is 294 Å². The van der Waals surface area contributed by atoms with Crippen LogP contribution < -0.4 is 38.1 Å². The molecular weight excluding hydrogens is 706 g/mol. The molecular formula is C28H43N7O17. The van der Waals surface area contributed by atoms with Gasteiger partial charge in [0, 0.05) is 32.1 Å². The number of hydrogen-bond donors (Lipinski definition) is 13. The number of carbonyl (C=O) groups is 11. The van der Waals surface area contributed by atoms with Crippen LogP contribution in [-0.2, 0) is 52.7 Å². The molecule has 0 aliphatic heterocycles. The molecule has 0 heterocycles. The fraction of sp³-hybridized carbons (Fsp3) is 0.607. The fourth-order valence-corrected chi connectivity index (χ4v) is 4.13. The van der Waals surface area contributed by atoms with E-state index in [1.807, 2.05) is 5.32 Å². The molecule has 15 N–H and O–H groups in total. The van der Waals surface area contributed by atoms with Crippen LogP contribution in [0, 0.1) is 0 Å². The Morgan fingerprint density at radius 2 is 0.635 bits per heavy atom. The third-order valence-corrected chi connectivity index (χ3v) is 6.97. The summed E-state index contributed by atoms with van der Waals surface area (Å²) in [5, 5.41) is 65.1. The van der Waals surface area contributed by atoms with E-state index in [-0.39, 0.29) is 6.42 Å². The number of carbonyl (C=O) groups excluding carboxylic acids is 6. The van der Waals surface area contributed by atoms with Gasteiger partial charge in [-0.1, -0.05) is 0 Å². The lowest BCUT2D eigenvalue weighted by Crippen LogP contribution is -2.59. The van der Waals surface area contributed by atoms with Crippen molar-refractivity contribution in [2.45, 2.75) is 100 Å². The fourth-order valence-electron chi connectivity index (χ4n) is 4.13. The number of aliphatic carboxylic acids is 5. The lowest BCUT2D eigenvalue weighted by Gasteiger charge is -2.27. The molecule has 6 atom stereocenters. The Morgan fingerprint density at radius 3 is 0.865 bits per heavy atom. The van der Waals surface area contributed by atoms with Crippen LogP contribution in [-0.4, -0.2) is 139 Å². The van der Waals surface area contributed by atoms with Crippen molar-refractivity contribution in [2.75, 3.05) is 6.61 Å². The molecule has 0 aliphatic carbocycles. The molecule has 0 aromatic heterocycles. The van der Waals surface area contributed by atoms with Crippen molar-refractivity contribution in [3.8, 4) is 0 Å². The summed E-state index contributed by atoms with van der Waals surface area (Å²) >= 11 is 0. The van der Waals surface area contributed by atoms with E-state index < -0.39 is 166 Å². The summed E-state index contributed by atoms with van der Waals surface area (Å²) < 4.78 is 0. The quantitative estimate of drug-likeness (QED) is 0.0372. The van der Waals surface area contributed by atoms with Crippen molar-refractivity contribution < 1.29 is 83.4 Å². The summed E-state index contributed by atoms with van der Waals surface area (Å²) in [6.45, 7) is -0.972. The van der Waals surface area contributed by atoms with Crippen LogP contribution in [0.1, 0.15) is 64.2 Å². The number of hydrogen-bond acceptors (Lipinski definition) is 13. The molecule has 0 saturated carbocycles. The first kappa shape index (κ1) is 46.1. The SMILES string of the molecule is NC(=O)[C@H](CO)NC(=O)[C@H](CCC(=O)O)NC(=O)[C@H](CCC(=O)O)NC(=O)[C@H](CCC(=O)O)NC(=O)[C@H](CCC(=O)O)NC(=O)[C@@H](N)CCC(=O)O. The van der Waals surface area contributed by atoms with Gasteiger partial charge in [-0.15, -0.1) is 0 Å². The van der Waals surface area contributed by atoms with E-state index in [1.54, 1.807) is 0 Å². The number of aliphatic hydroxyl groups is 1. The van der Waals surface area contributed by atoms with Crippen LogP contribution in [0.4, 0.5) is 0 Å². The van der Waals surface area contributed by atoms with Gasteiger partial charge in [0.05, 0.1) is 12.6 Å². The first-order valence-electron chi connectivity index (χ1n) is 15.4. The van der Waals surface area contributed by atoms with Crippen LogP contribution in [0.3, 0.4) is 0 Å². The lowest BCUT2D eigenvalue weighted by molar-refractivity contribution is -0.140. The second kappa shape index (κ2) is 23.5. The number of carboxylic acid groups (broad SMARTS) is 5. The molecule has 0 unspecified atom stereocenters. The van der Waals surface area contributed by atoms with Crippen LogP contribution in [0.5, 0.6) is 0 Å². The lowest BCUT2D eigenvalue weighted by atomic mass is 10.0. The Balaban J connectivity index is 6.33. The van der Waals surface area contributed by atoms with Gasteiger partial charge in [0.1, 0.15) is 30.2 Å². The van der Waals surface area contributed by atoms with Crippen molar-refractivity contribution in [1.82, 2.24) is 26.6 Å². The van der Waals surface area contributed by atoms with E-state index in [2.05, 4.69) is 21.3 Å². The molecule has 6 amide bonds. The van der Waals surface area contributed by atoms with E-state index in [0.29, 0.717) is 0 Å². The maximum atomic E-state index is 13.4. The highest BCUT2D eigenvalue weighted by Crippen LogP contribution is 2.08. The normalized spacial score (nSPS) is 14.1. The van der Waals surface area contributed by atoms with Gasteiger partial charge in [0.25, 0.3) is 0 Å². The minimum Gasteiger partial charge on any atom is -0.481 e. The summed E-state index contributed by atoms with van der Waals surface area (Å²) in [7, 11) is 0. The van der Waals surface area contributed by atoms with E-state index in [4.69, 9.17) is 26.8 Å². The molecule has 0 radical (unpaired) electrons. The molecule has 0 aliphatic rings. The number of rotatable bonds is 27. The molecule has 52 heavy (non-hydrogen) atoms. The highest BCUT2D eigenvalue weighted by molar-refractivity contribution is 5.97. The Bertz CT molecular complexity index is 1360. The second-order valence-corrected chi connectivity index (χ2v) is 11.2. The van der Waals surface area contributed by atoms with Crippen molar-refractivity contribution in [3.05, 3.63) is 0 Å². The third kappa shape index (κ3) is 19.3. The molecule has 24 nitrogen and oxygen atoms in total. The third-order valence-electron chi connectivity index (χ3n) is 6.97. The van der Waals surface area contributed by atoms with Gasteiger partial charge in [0.2, 0.25) is 35.4 Å². The number of nitrogens with two attached hydrogens (primary N) is 2. The monoisotopic (exact) mass is 749 g/mol. The summed E-state index contributed by atoms with van der Waals surface area (Å²) in [6.07, 6.45) is -6.43. The molecule has 292 valence electrons. The first-order chi connectivity index (χ1) is 24.2. The Hall–Kier alpha value is -5.91. The molecule has 0 fully saturated rings. The zero-order valence-electron chi connectivity index (χ0n) is 27.6. The Morgan fingerprint density at radius 1 is 0.404 bits per heavy atom. The standard InChI is InChI=1S/C28H43N7O17/c29-12(1-6-18(37)38)24(48)31-13(2-7-19(39)40)25(49)32-14(3-8-20(41)42)26(50)33-15(4-9-21(43)44)27(51)34-16(5-10-22(45)46)28(52)35-17(11-36)23(30)47/h12-17,36H,1-11,29H2,(H2,30,47)(H,31,48)(H,32,49)(H,33,50)(H,34,51)(H,35,52)(H,37,38)(H,39,40)(H,41,42)(H,43,44)(H,45,46)/t12-,13-,14-,15-,16-,17-/m0/s1. The van der Waals surface area contributed by atoms with Crippen molar-refractivity contribution in [1.29, 1.82) is 0 Å². The second-order valence-electron chi connectivity index (χ2n) is 11.2. The highest BCUT2D eigenvalue weighted by Gasteiger charge is 2.33. The minimum atomic E-state index is -1.84. The molecule has 0 spiro atoms. The van der Waals surface area contributed by atoms with Gasteiger partial charge >= 0.3 is 29.8 Å². The van der Waals surface area contributed by atoms with Gasteiger partial charge in [-0.25, -0.2) is 0 Å². The van der Waals surface area contributed by atoms with E-state index in [9.17, 15) is 68.1 Å². The van der Waals surface area contributed by atoms with Crippen LogP contribution in [0.25, 0.3) is 0 Å². The summed E-state index contributed by atoms with van der Waals surface area (Å²) in [4.78, 5) is 132. The van der Waals surface area contributed by atoms with Gasteiger partial charge in [-0.3, -0.25) is 52.7 Å². The maximum absolute atomic E-state index is 13.4. The summed E-state index contributed by atoms with van der Waals surface area (Å²) in [6, 6.07) is -10.2. The average molecular weight is 750 g/mol. The Kier molecular flexibility index (Phi) is 20.8. The number of primary amides is 1. The van der Waals surface area contributed by atoms with Gasteiger partial charge in [0.15, 0.2) is 0 Å². The number of nitrogens with one attached hydrogen (secondary N) is 5. The molecule has 0 aromatic carbocycles. The molecule has 24 heteroatoms. The predicted octanol–water partition coefficient (Wildman–Crippen LogP) is -5.46. The van der Waals surface area contributed by atoms with Gasteiger partial charge in [-0.05, 0) is 32.1 Å². The minimum absolute atomic E-state index is 0.371. The number of amides is 6. The van der Waals surface area contributed by atoms with Crippen LogP contribution in [0.15, 0.2) is 0 Å². The molecule has 0 saturated heterocycles. The first-order valence-corrected chi connectivity index (χ1v) is 15.4. The summed E-state index contributed by atoms with van der Waals surface area (Å²) in [5.41, 5.74) is 10.7. The van der Waals surface area contributed by atoms with E-state index in [1.165, 1.54) is 0 Å². The van der Waals surface area contributed by atoms with Crippen LogP contribution >= 0.6 is 0 Å². The summed E-state index contributed by atoms with van der Waals surface area (Å²) in [5.74, 6) is -14.3. The zero-order chi connectivity index (χ0) is 40.1. The largest absolute Gasteiger partial charge is 0.481 e. The zero-order valence-corrected chi connectivity index (χ0v) is 27.6. The predicted molar refractivity (Wildman–Crippen MR) is 168 cm³/mol. The van der Waals surface area contributed by atoms with Crippen LogP contribution in [0.2, 0.25) is 0 Å². The highest BCUT2D eigenvalue weighted by atomic mass is 16.4. The van der Waals surface area contributed by atoms with Crippen molar-refractivity contribution in [3.63, 3.8) is 0 Å². The topological polar surface area (TPSA) is 421 Å². The molecule has 0 aromatic rings. The number of carboxylic acids is 5. The van der Waals surface area contributed by atoms with Crippen molar-refractivity contribution in [2.24, 2.45) is 11.5 Å². The van der Waals surface area contributed by atoms with Crippen molar-refractivity contribution >= 4 is 65.3 Å². The maximum Gasteiger partial charge on any atom is 0.303 e. The smallest absolute Gasteiger partial charge is 0.303 e. The van der Waals surface area contributed by atoms with E-state index in [0.717, 1.165) is 0 Å². The average Bonchev–Trinajstić information content (AvgIpc) is 3.04.